The number of benzene rings is 1. The Hall–Kier alpha value is -1.26. The van der Waals surface area contributed by atoms with Crippen molar-refractivity contribution in [1.82, 2.24) is 5.43 Å². The minimum Gasteiger partial charge on any atom is -0.449 e. The third kappa shape index (κ3) is 4.20. The number of nitrogens with one attached hydrogen (secondary N) is 1. The van der Waals surface area contributed by atoms with E-state index < -0.39 is 6.09 Å². The number of rotatable bonds is 4. The van der Waals surface area contributed by atoms with Crippen molar-refractivity contribution in [2.45, 2.75) is 20.3 Å². The molecule has 0 aromatic heterocycles. The van der Waals surface area contributed by atoms with E-state index in [-0.39, 0.29) is 0 Å². The molecule has 1 rings (SSSR count). The summed E-state index contributed by atoms with van der Waals surface area (Å²) >= 11 is 11.8. The number of halogens is 2. The van der Waals surface area contributed by atoms with Crippen LogP contribution in [0.5, 0.6) is 0 Å². The monoisotopic (exact) mass is 288 g/mol. The predicted octanol–water partition coefficient (Wildman–Crippen LogP) is 3.85. The Labute approximate surface area is 116 Å². The van der Waals surface area contributed by atoms with Gasteiger partial charge in [-0.3, -0.25) is 0 Å². The first-order valence-electron chi connectivity index (χ1n) is 5.53. The molecule has 4 nitrogen and oxygen atoms in total. The van der Waals surface area contributed by atoms with Gasteiger partial charge in [0.25, 0.3) is 0 Å². The third-order valence-electron chi connectivity index (χ3n) is 2.15. The summed E-state index contributed by atoms with van der Waals surface area (Å²) in [7, 11) is 0. The van der Waals surface area contributed by atoms with Crippen molar-refractivity contribution in [3.05, 3.63) is 33.8 Å². The van der Waals surface area contributed by atoms with Crippen LogP contribution in [0.2, 0.25) is 10.0 Å². The Morgan fingerprint density at radius 1 is 1.33 bits per heavy atom. The van der Waals surface area contributed by atoms with Gasteiger partial charge in [-0.15, -0.1) is 0 Å². The van der Waals surface area contributed by atoms with Crippen LogP contribution in [-0.2, 0) is 4.74 Å². The van der Waals surface area contributed by atoms with Crippen molar-refractivity contribution < 1.29 is 9.53 Å². The number of amides is 1. The van der Waals surface area contributed by atoms with E-state index in [0.717, 1.165) is 5.56 Å². The summed E-state index contributed by atoms with van der Waals surface area (Å²) in [6.07, 6.45) is 0.0631. The van der Waals surface area contributed by atoms with E-state index in [9.17, 15) is 4.79 Å². The second-order valence-electron chi connectivity index (χ2n) is 3.37. The van der Waals surface area contributed by atoms with Crippen LogP contribution < -0.4 is 5.43 Å². The van der Waals surface area contributed by atoms with Crippen LogP contribution in [0, 0.1) is 0 Å². The first kappa shape index (κ1) is 14.8. The summed E-state index contributed by atoms with van der Waals surface area (Å²) in [6.45, 7) is 3.95. The molecule has 0 aliphatic rings. The van der Waals surface area contributed by atoms with Gasteiger partial charge in [-0.2, -0.15) is 5.10 Å². The summed E-state index contributed by atoms with van der Waals surface area (Å²) in [5, 5.41) is 4.92. The lowest BCUT2D eigenvalue weighted by atomic mass is 10.1. The Morgan fingerprint density at radius 3 is 2.61 bits per heavy atom. The van der Waals surface area contributed by atoms with Gasteiger partial charge in [0.1, 0.15) is 0 Å². The molecule has 0 atom stereocenters. The molecule has 1 amide bonds. The molecule has 6 heteroatoms. The van der Waals surface area contributed by atoms with Gasteiger partial charge < -0.3 is 4.74 Å². The SMILES string of the molecule is CCOC(=O)N/N=C(/CC)c1ccc(Cl)c(Cl)c1. The fraction of sp³-hybridized carbons (Fsp3) is 0.333. The number of ether oxygens (including phenoxy) is 1. The van der Waals surface area contributed by atoms with E-state index in [4.69, 9.17) is 27.9 Å². The zero-order valence-corrected chi connectivity index (χ0v) is 11.7. The molecule has 0 unspecified atom stereocenters. The maximum Gasteiger partial charge on any atom is 0.427 e. The van der Waals surface area contributed by atoms with Gasteiger partial charge in [0, 0.05) is 0 Å². The molecule has 1 N–H and O–H groups in total. The standard InChI is InChI=1S/C12H14Cl2N2O2/c1-3-11(15-16-12(17)18-4-2)8-5-6-9(13)10(14)7-8/h5-7H,3-4H2,1-2H3,(H,16,17)/b15-11-. The number of hydrogen-bond donors (Lipinski definition) is 1. The molecular weight excluding hydrogens is 275 g/mol. The van der Waals surface area contributed by atoms with E-state index in [2.05, 4.69) is 10.5 Å². The van der Waals surface area contributed by atoms with Gasteiger partial charge in [0.2, 0.25) is 0 Å². The number of carbonyl (C=O) groups excluding carboxylic acids is 1. The quantitative estimate of drug-likeness (QED) is 0.676. The molecule has 18 heavy (non-hydrogen) atoms. The summed E-state index contributed by atoms with van der Waals surface area (Å²) in [5.41, 5.74) is 3.82. The van der Waals surface area contributed by atoms with Gasteiger partial charge in [0.15, 0.2) is 0 Å². The number of carbonyl (C=O) groups is 1. The Kier molecular flexibility index (Phi) is 5.95. The number of hydrogen-bond acceptors (Lipinski definition) is 3. The second-order valence-corrected chi connectivity index (χ2v) is 4.19. The van der Waals surface area contributed by atoms with Gasteiger partial charge in [-0.25, -0.2) is 10.2 Å². The molecular formula is C12H14Cl2N2O2. The molecule has 1 aromatic rings. The van der Waals surface area contributed by atoms with Crippen molar-refractivity contribution in [3.8, 4) is 0 Å². The Balaban J connectivity index is 2.85. The first-order chi connectivity index (χ1) is 8.58. The highest BCUT2D eigenvalue weighted by Crippen LogP contribution is 2.23. The molecule has 98 valence electrons. The smallest absolute Gasteiger partial charge is 0.427 e. The van der Waals surface area contributed by atoms with Crippen molar-refractivity contribution in [1.29, 1.82) is 0 Å². The van der Waals surface area contributed by atoms with Crippen LogP contribution in [0.4, 0.5) is 4.79 Å². The Morgan fingerprint density at radius 2 is 2.06 bits per heavy atom. The van der Waals surface area contributed by atoms with Gasteiger partial charge in [-0.1, -0.05) is 36.2 Å². The van der Waals surface area contributed by atoms with Gasteiger partial charge in [0.05, 0.1) is 22.4 Å². The van der Waals surface area contributed by atoms with E-state index >= 15 is 0 Å². The lowest BCUT2D eigenvalue weighted by Gasteiger charge is -2.06. The maximum atomic E-state index is 11.1. The minimum atomic E-state index is -0.580. The molecule has 0 bridgehead atoms. The predicted molar refractivity (Wildman–Crippen MR) is 73.4 cm³/mol. The fourth-order valence-electron chi connectivity index (χ4n) is 1.30. The zero-order valence-electron chi connectivity index (χ0n) is 10.2. The molecule has 0 aliphatic carbocycles. The summed E-state index contributed by atoms with van der Waals surface area (Å²) in [6, 6.07) is 5.19. The van der Waals surface area contributed by atoms with E-state index in [1.54, 1.807) is 25.1 Å². The van der Waals surface area contributed by atoms with Crippen molar-refractivity contribution >= 4 is 35.0 Å². The highest BCUT2D eigenvalue weighted by molar-refractivity contribution is 6.42. The highest BCUT2D eigenvalue weighted by atomic mass is 35.5. The normalized spacial score (nSPS) is 11.2. The molecule has 0 saturated heterocycles. The highest BCUT2D eigenvalue weighted by Gasteiger charge is 2.06. The first-order valence-corrected chi connectivity index (χ1v) is 6.28. The van der Waals surface area contributed by atoms with E-state index in [1.807, 2.05) is 6.92 Å². The molecule has 0 fully saturated rings. The number of nitrogens with zero attached hydrogens (tertiary/aromatic N) is 1. The molecule has 0 heterocycles. The summed E-state index contributed by atoms with van der Waals surface area (Å²) < 4.78 is 4.71. The largest absolute Gasteiger partial charge is 0.449 e. The average molecular weight is 289 g/mol. The van der Waals surface area contributed by atoms with Crippen LogP contribution in [0.25, 0.3) is 0 Å². The Bertz CT molecular complexity index is 461. The molecule has 0 saturated carbocycles. The molecule has 0 spiro atoms. The van der Waals surface area contributed by atoms with Gasteiger partial charge in [-0.05, 0) is 31.0 Å². The van der Waals surface area contributed by atoms with Crippen LogP contribution in [0.1, 0.15) is 25.8 Å². The maximum absolute atomic E-state index is 11.1. The second kappa shape index (κ2) is 7.24. The summed E-state index contributed by atoms with van der Waals surface area (Å²) in [5.74, 6) is 0. The van der Waals surface area contributed by atoms with Gasteiger partial charge >= 0.3 is 6.09 Å². The van der Waals surface area contributed by atoms with Crippen molar-refractivity contribution in [2.24, 2.45) is 5.10 Å². The van der Waals surface area contributed by atoms with Crippen LogP contribution in [0.3, 0.4) is 0 Å². The third-order valence-corrected chi connectivity index (χ3v) is 2.88. The zero-order chi connectivity index (χ0) is 13.5. The summed E-state index contributed by atoms with van der Waals surface area (Å²) in [4.78, 5) is 11.1. The van der Waals surface area contributed by atoms with E-state index in [1.165, 1.54) is 0 Å². The minimum absolute atomic E-state index is 0.301. The lowest BCUT2D eigenvalue weighted by Crippen LogP contribution is -2.20. The van der Waals surface area contributed by atoms with Crippen LogP contribution in [-0.4, -0.2) is 18.4 Å². The van der Waals surface area contributed by atoms with Crippen LogP contribution >= 0.6 is 23.2 Å². The molecule has 0 aliphatic heterocycles. The van der Waals surface area contributed by atoms with Crippen LogP contribution in [0.15, 0.2) is 23.3 Å². The average Bonchev–Trinajstić information content (AvgIpc) is 2.34. The number of hydrazone groups is 1. The van der Waals surface area contributed by atoms with Crippen molar-refractivity contribution in [3.63, 3.8) is 0 Å². The topological polar surface area (TPSA) is 50.7 Å². The molecule has 0 radical (unpaired) electrons. The fourth-order valence-corrected chi connectivity index (χ4v) is 1.60. The molecule has 1 aromatic carbocycles. The van der Waals surface area contributed by atoms with Crippen molar-refractivity contribution in [2.75, 3.05) is 6.61 Å². The lowest BCUT2D eigenvalue weighted by molar-refractivity contribution is 0.152. The van der Waals surface area contributed by atoms with E-state index in [0.29, 0.717) is 28.8 Å².